The number of rotatable bonds is 4. The Morgan fingerprint density at radius 3 is 2.23 bits per heavy atom. The summed E-state index contributed by atoms with van der Waals surface area (Å²) in [4.78, 5) is 11.7. The maximum Gasteiger partial charge on any atom is 0.162 e. The lowest BCUT2D eigenvalue weighted by Crippen LogP contribution is -2.11. The van der Waals surface area contributed by atoms with Gasteiger partial charge in [0.25, 0.3) is 0 Å². The molecule has 1 aromatic heterocycles. The van der Waals surface area contributed by atoms with E-state index in [-0.39, 0.29) is 0 Å². The van der Waals surface area contributed by atoms with E-state index in [1.807, 2.05) is 80.8 Å². The average Bonchev–Trinajstić information content (AvgIpc) is 2.69. The van der Waals surface area contributed by atoms with Crippen LogP contribution < -0.4 is 10.2 Å². The molecule has 4 rings (SSSR count). The topological polar surface area (TPSA) is 41.0 Å². The minimum atomic E-state index is 0.717. The summed E-state index contributed by atoms with van der Waals surface area (Å²) >= 11 is 0. The van der Waals surface area contributed by atoms with Crippen molar-refractivity contribution in [2.45, 2.75) is 0 Å². The number of hydrogen-bond acceptors (Lipinski definition) is 4. The summed E-state index contributed by atoms with van der Waals surface area (Å²) in [6.07, 6.45) is 0. The Kier molecular flexibility index (Phi) is 4.23. The Morgan fingerprint density at radius 2 is 1.42 bits per heavy atom. The van der Waals surface area contributed by atoms with Crippen LogP contribution >= 0.6 is 0 Å². The molecule has 4 heteroatoms. The number of para-hydroxylation sites is 3. The summed E-state index contributed by atoms with van der Waals surface area (Å²) in [7, 11) is 4.07. The molecule has 4 aromatic rings. The van der Waals surface area contributed by atoms with Crippen molar-refractivity contribution >= 4 is 28.1 Å². The molecule has 0 fully saturated rings. The van der Waals surface area contributed by atoms with Crippen molar-refractivity contribution in [3.8, 4) is 11.4 Å². The lowest BCUT2D eigenvalue weighted by atomic mass is 10.1. The van der Waals surface area contributed by atoms with Crippen LogP contribution in [0.3, 0.4) is 0 Å². The maximum absolute atomic E-state index is 4.83. The van der Waals surface area contributed by atoms with Crippen molar-refractivity contribution in [1.29, 1.82) is 0 Å². The fraction of sp³-hybridized carbons (Fsp3) is 0.0909. The van der Waals surface area contributed by atoms with Crippen molar-refractivity contribution < 1.29 is 0 Å². The zero-order valence-corrected chi connectivity index (χ0v) is 14.8. The first-order valence-electron chi connectivity index (χ1n) is 8.58. The van der Waals surface area contributed by atoms with Gasteiger partial charge < -0.3 is 10.2 Å². The van der Waals surface area contributed by atoms with Crippen LogP contribution in [0.15, 0.2) is 78.9 Å². The normalized spacial score (nSPS) is 10.7. The van der Waals surface area contributed by atoms with Gasteiger partial charge in [0, 0.05) is 25.0 Å². The van der Waals surface area contributed by atoms with Crippen LogP contribution in [-0.4, -0.2) is 24.1 Å². The first-order valence-corrected chi connectivity index (χ1v) is 8.58. The Labute approximate surface area is 153 Å². The first-order chi connectivity index (χ1) is 12.7. The van der Waals surface area contributed by atoms with Gasteiger partial charge in [-0.1, -0.05) is 54.6 Å². The highest BCUT2D eigenvalue weighted by Crippen LogP contribution is 2.31. The van der Waals surface area contributed by atoms with Crippen molar-refractivity contribution in [3.63, 3.8) is 0 Å². The Hall–Kier alpha value is -3.40. The van der Waals surface area contributed by atoms with Gasteiger partial charge in [0.1, 0.15) is 5.82 Å². The molecule has 4 nitrogen and oxygen atoms in total. The van der Waals surface area contributed by atoms with Crippen molar-refractivity contribution in [3.05, 3.63) is 78.9 Å². The Balaban J connectivity index is 1.87. The molecule has 0 spiro atoms. The second-order valence-electron chi connectivity index (χ2n) is 6.32. The third-order valence-electron chi connectivity index (χ3n) is 4.27. The van der Waals surface area contributed by atoms with E-state index >= 15 is 0 Å². The van der Waals surface area contributed by atoms with E-state index in [4.69, 9.17) is 9.97 Å². The number of nitrogens with zero attached hydrogens (tertiary/aromatic N) is 3. The van der Waals surface area contributed by atoms with Crippen LogP contribution in [0.4, 0.5) is 17.2 Å². The number of nitrogens with one attached hydrogen (secondary N) is 1. The molecule has 0 unspecified atom stereocenters. The SMILES string of the molecule is CN(C)c1ccccc1Nc1nc(-c2ccccc2)nc2ccccc12. The Morgan fingerprint density at radius 1 is 0.731 bits per heavy atom. The number of hydrogen-bond donors (Lipinski definition) is 1. The summed E-state index contributed by atoms with van der Waals surface area (Å²) in [5.41, 5.74) is 4.05. The lowest BCUT2D eigenvalue weighted by molar-refractivity contribution is 1.13. The van der Waals surface area contributed by atoms with Gasteiger partial charge in [-0.05, 0) is 24.3 Å². The number of benzene rings is 3. The summed E-state index contributed by atoms with van der Waals surface area (Å²) in [5.74, 6) is 1.53. The summed E-state index contributed by atoms with van der Waals surface area (Å²) in [6.45, 7) is 0. The summed E-state index contributed by atoms with van der Waals surface area (Å²) in [6, 6.07) is 26.4. The van der Waals surface area contributed by atoms with Crippen LogP contribution in [0.5, 0.6) is 0 Å². The molecule has 26 heavy (non-hydrogen) atoms. The molecule has 0 aliphatic carbocycles. The van der Waals surface area contributed by atoms with Crippen molar-refractivity contribution in [1.82, 2.24) is 9.97 Å². The summed E-state index contributed by atoms with van der Waals surface area (Å²) < 4.78 is 0. The van der Waals surface area contributed by atoms with Gasteiger partial charge in [-0.15, -0.1) is 0 Å². The smallest absolute Gasteiger partial charge is 0.162 e. The summed E-state index contributed by atoms with van der Waals surface area (Å²) in [5, 5.41) is 4.51. The molecule has 0 saturated heterocycles. The predicted molar refractivity (Wildman–Crippen MR) is 109 cm³/mol. The maximum atomic E-state index is 4.83. The molecule has 0 amide bonds. The van der Waals surface area contributed by atoms with E-state index in [1.165, 1.54) is 0 Å². The highest BCUT2D eigenvalue weighted by atomic mass is 15.1. The molecule has 3 aromatic carbocycles. The van der Waals surface area contributed by atoms with Gasteiger partial charge in [0.2, 0.25) is 0 Å². The molecule has 1 N–H and O–H groups in total. The van der Waals surface area contributed by atoms with Crippen LogP contribution in [0.1, 0.15) is 0 Å². The van der Waals surface area contributed by atoms with Crippen LogP contribution in [0, 0.1) is 0 Å². The highest BCUT2D eigenvalue weighted by molar-refractivity contribution is 5.93. The predicted octanol–water partition coefficient (Wildman–Crippen LogP) is 5.11. The van der Waals surface area contributed by atoms with Gasteiger partial charge in [-0.3, -0.25) is 0 Å². The molecule has 0 bridgehead atoms. The van der Waals surface area contributed by atoms with Gasteiger partial charge in [-0.2, -0.15) is 0 Å². The standard InChI is InChI=1S/C22H20N4/c1-26(2)20-15-9-8-14-19(20)24-22-17-12-6-7-13-18(17)23-21(25-22)16-10-4-3-5-11-16/h3-15H,1-2H3,(H,23,24,25). The first kappa shape index (κ1) is 16.1. The quantitative estimate of drug-likeness (QED) is 0.561. The van der Waals surface area contributed by atoms with E-state index in [9.17, 15) is 0 Å². The van der Waals surface area contributed by atoms with Crippen LogP contribution in [0.2, 0.25) is 0 Å². The largest absolute Gasteiger partial charge is 0.376 e. The Bertz CT molecular complexity index is 1040. The molecule has 128 valence electrons. The number of anilines is 3. The second kappa shape index (κ2) is 6.84. The van der Waals surface area contributed by atoms with E-state index < -0.39 is 0 Å². The van der Waals surface area contributed by atoms with E-state index in [1.54, 1.807) is 0 Å². The monoisotopic (exact) mass is 340 g/mol. The highest BCUT2D eigenvalue weighted by Gasteiger charge is 2.11. The molecule has 0 saturated carbocycles. The van der Waals surface area contributed by atoms with Gasteiger partial charge in [0.15, 0.2) is 5.82 Å². The van der Waals surface area contributed by atoms with Gasteiger partial charge in [-0.25, -0.2) is 9.97 Å². The van der Waals surface area contributed by atoms with Crippen molar-refractivity contribution in [2.24, 2.45) is 0 Å². The number of aromatic nitrogens is 2. The van der Waals surface area contributed by atoms with E-state index in [0.29, 0.717) is 5.82 Å². The fourth-order valence-corrected chi connectivity index (χ4v) is 2.99. The van der Waals surface area contributed by atoms with Gasteiger partial charge >= 0.3 is 0 Å². The molecular weight excluding hydrogens is 320 g/mol. The zero-order valence-electron chi connectivity index (χ0n) is 14.8. The van der Waals surface area contributed by atoms with Crippen LogP contribution in [0.25, 0.3) is 22.3 Å². The zero-order chi connectivity index (χ0) is 17.9. The molecule has 0 radical (unpaired) electrons. The fourth-order valence-electron chi connectivity index (χ4n) is 2.99. The second-order valence-corrected chi connectivity index (χ2v) is 6.32. The third-order valence-corrected chi connectivity index (χ3v) is 4.27. The van der Waals surface area contributed by atoms with E-state index in [2.05, 4.69) is 22.3 Å². The van der Waals surface area contributed by atoms with Crippen molar-refractivity contribution in [2.75, 3.05) is 24.3 Å². The average molecular weight is 340 g/mol. The molecule has 0 aliphatic rings. The third kappa shape index (κ3) is 3.09. The molecule has 1 heterocycles. The molecule has 0 atom stereocenters. The minimum absolute atomic E-state index is 0.717. The molecular formula is C22H20N4. The van der Waals surface area contributed by atoms with Gasteiger partial charge in [0.05, 0.1) is 16.9 Å². The molecule has 0 aliphatic heterocycles. The number of fused-ring (bicyclic) bond motifs is 1. The van der Waals surface area contributed by atoms with Crippen LogP contribution in [-0.2, 0) is 0 Å². The minimum Gasteiger partial charge on any atom is -0.376 e. The van der Waals surface area contributed by atoms with E-state index in [0.717, 1.165) is 33.7 Å². The lowest BCUT2D eigenvalue weighted by Gasteiger charge is -2.19.